The Labute approximate surface area is 182 Å². The van der Waals surface area contributed by atoms with Crippen molar-refractivity contribution in [2.24, 2.45) is 5.41 Å². The molecular weight excluding hydrogens is 400 g/mol. The first kappa shape index (κ1) is 21.7. The molecule has 1 aromatic rings. The highest BCUT2D eigenvalue weighted by molar-refractivity contribution is 5.90. The summed E-state index contributed by atoms with van der Waals surface area (Å²) < 4.78 is 5.28. The number of rotatable bonds is 4. The first-order valence-corrected chi connectivity index (χ1v) is 11.1. The Balaban J connectivity index is 1.58. The lowest BCUT2D eigenvalue weighted by Gasteiger charge is -2.41. The van der Waals surface area contributed by atoms with Gasteiger partial charge in [-0.25, -0.2) is 4.79 Å². The molecule has 2 saturated heterocycles. The Bertz CT molecular complexity index is 841. The number of nitrogens with zero attached hydrogens (tertiary/aromatic N) is 4. The van der Waals surface area contributed by atoms with Crippen LogP contribution in [-0.4, -0.2) is 78.0 Å². The van der Waals surface area contributed by atoms with E-state index in [4.69, 9.17) is 4.74 Å². The minimum atomic E-state index is -1.07. The third-order valence-electron chi connectivity index (χ3n) is 7.22. The number of piperidine rings is 1. The van der Waals surface area contributed by atoms with Crippen LogP contribution >= 0.6 is 0 Å². The number of aromatic nitrogens is 1. The van der Waals surface area contributed by atoms with Crippen molar-refractivity contribution in [3.8, 4) is 5.88 Å². The van der Waals surface area contributed by atoms with Gasteiger partial charge in [0.05, 0.1) is 24.3 Å². The van der Waals surface area contributed by atoms with Gasteiger partial charge in [0.15, 0.2) is 5.82 Å². The number of aliphatic hydroxyl groups excluding tert-OH is 1. The van der Waals surface area contributed by atoms with Crippen molar-refractivity contribution in [3.05, 3.63) is 12.1 Å². The molecule has 170 valence electrons. The third kappa shape index (κ3) is 4.03. The summed E-state index contributed by atoms with van der Waals surface area (Å²) in [5.74, 6) is 1.15. The number of ether oxygens (including phenoxy) is 1. The Kier molecular flexibility index (Phi) is 5.96. The van der Waals surface area contributed by atoms with Gasteiger partial charge in [-0.1, -0.05) is 0 Å². The van der Waals surface area contributed by atoms with Crippen LogP contribution in [0.2, 0.25) is 0 Å². The van der Waals surface area contributed by atoms with E-state index in [1.807, 2.05) is 9.80 Å². The van der Waals surface area contributed by atoms with Crippen LogP contribution in [0.5, 0.6) is 5.88 Å². The second kappa shape index (κ2) is 8.53. The van der Waals surface area contributed by atoms with Crippen molar-refractivity contribution in [3.63, 3.8) is 0 Å². The molecule has 1 atom stereocenters. The minimum Gasteiger partial charge on any atom is -0.481 e. The van der Waals surface area contributed by atoms with Gasteiger partial charge in [0.25, 0.3) is 0 Å². The first-order valence-electron chi connectivity index (χ1n) is 11.1. The Hall–Kier alpha value is -2.55. The van der Waals surface area contributed by atoms with Gasteiger partial charge in [0, 0.05) is 38.8 Å². The average Bonchev–Trinajstić information content (AvgIpc) is 3.08. The van der Waals surface area contributed by atoms with Crippen molar-refractivity contribution in [2.75, 3.05) is 43.6 Å². The lowest BCUT2D eigenvalue weighted by molar-refractivity contribution is -0.139. The molecule has 1 saturated carbocycles. The molecule has 2 N–H and O–H groups in total. The topological polar surface area (TPSA) is 106 Å². The van der Waals surface area contributed by atoms with E-state index in [-0.39, 0.29) is 18.1 Å². The van der Waals surface area contributed by atoms with Crippen molar-refractivity contribution >= 4 is 23.5 Å². The molecule has 3 heterocycles. The monoisotopic (exact) mass is 432 g/mol. The summed E-state index contributed by atoms with van der Waals surface area (Å²) in [4.78, 5) is 35.0. The predicted molar refractivity (Wildman–Crippen MR) is 116 cm³/mol. The molecule has 2 amide bonds. The maximum atomic E-state index is 13.6. The zero-order valence-electron chi connectivity index (χ0n) is 18.3. The molecule has 0 radical (unpaired) electrons. The summed E-state index contributed by atoms with van der Waals surface area (Å²) in [6.45, 7) is 1.99. The van der Waals surface area contributed by atoms with Crippen LogP contribution in [-0.2, 0) is 4.79 Å². The quantitative estimate of drug-likeness (QED) is 0.752. The molecule has 4 rings (SSSR count). The number of carbonyl (C=O) groups is 2. The number of amides is 2. The summed E-state index contributed by atoms with van der Waals surface area (Å²) in [5.41, 5.74) is 0.0203. The van der Waals surface area contributed by atoms with E-state index in [1.165, 1.54) is 14.2 Å². The van der Waals surface area contributed by atoms with E-state index in [2.05, 4.69) is 4.98 Å². The van der Waals surface area contributed by atoms with Gasteiger partial charge in [-0.05, 0) is 51.0 Å². The number of carboxylic acid groups (broad SMARTS) is 1. The summed E-state index contributed by atoms with van der Waals surface area (Å²) in [6, 6.07) is 3.57. The molecule has 1 unspecified atom stereocenters. The van der Waals surface area contributed by atoms with Crippen LogP contribution in [0.1, 0.15) is 44.9 Å². The SMILES string of the molecule is COc1ccc(N(C)C(=O)O)c(N2CCCC3(CCN(C4CCC(O)CC4)C3=O)C2)n1. The molecule has 2 aliphatic heterocycles. The summed E-state index contributed by atoms with van der Waals surface area (Å²) in [7, 11) is 3.03. The van der Waals surface area contributed by atoms with E-state index < -0.39 is 11.5 Å². The number of methoxy groups -OCH3 is 1. The standard InChI is InChI=1S/C22H32N4O5/c1-24(21(29)30)17-8-9-18(31-2)23-19(17)25-12-3-10-22(14-25)11-13-26(20(22)28)15-4-6-16(27)7-5-15/h8-9,15-16,27H,3-7,10-14H2,1-2H3,(H,29,30). The highest BCUT2D eigenvalue weighted by atomic mass is 16.5. The molecular formula is C22H32N4O5. The highest BCUT2D eigenvalue weighted by Gasteiger charge is 2.51. The number of carbonyl (C=O) groups excluding carboxylic acids is 1. The van der Waals surface area contributed by atoms with Crippen molar-refractivity contribution < 1.29 is 24.5 Å². The van der Waals surface area contributed by atoms with E-state index in [9.17, 15) is 19.8 Å². The zero-order chi connectivity index (χ0) is 22.2. The lowest BCUT2D eigenvalue weighted by Crippen LogP contribution is -2.50. The maximum Gasteiger partial charge on any atom is 0.411 e. The first-order chi connectivity index (χ1) is 14.8. The fourth-order valence-corrected chi connectivity index (χ4v) is 5.39. The van der Waals surface area contributed by atoms with E-state index in [1.54, 1.807) is 12.1 Å². The van der Waals surface area contributed by atoms with Crippen molar-refractivity contribution in [1.82, 2.24) is 9.88 Å². The second-order valence-corrected chi connectivity index (χ2v) is 9.05. The normalized spacial score (nSPS) is 28.8. The predicted octanol–water partition coefficient (Wildman–Crippen LogP) is 2.33. The van der Waals surface area contributed by atoms with E-state index >= 15 is 0 Å². The molecule has 0 bridgehead atoms. The van der Waals surface area contributed by atoms with Gasteiger partial charge in [0.2, 0.25) is 11.8 Å². The Morgan fingerprint density at radius 3 is 2.65 bits per heavy atom. The Morgan fingerprint density at radius 1 is 1.23 bits per heavy atom. The van der Waals surface area contributed by atoms with Crippen LogP contribution in [0.25, 0.3) is 0 Å². The zero-order valence-corrected chi connectivity index (χ0v) is 18.3. The molecule has 1 aromatic heterocycles. The van der Waals surface area contributed by atoms with Crippen LogP contribution in [0.15, 0.2) is 12.1 Å². The summed E-state index contributed by atoms with van der Waals surface area (Å²) in [5, 5.41) is 19.3. The minimum absolute atomic E-state index is 0.203. The van der Waals surface area contributed by atoms with Crippen molar-refractivity contribution in [1.29, 1.82) is 0 Å². The number of aliphatic hydroxyl groups is 1. The molecule has 1 spiro atoms. The van der Waals surface area contributed by atoms with E-state index in [0.717, 1.165) is 56.4 Å². The molecule has 0 aromatic carbocycles. The highest BCUT2D eigenvalue weighted by Crippen LogP contribution is 2.44. The third-order valence-corrected chi connectivity index (χ3v) is 7.22. The van der Waals surface area contributed by atoms with Gasteiger partial charge in [-0.2, -0.15) is 4.98 Å². The largest absolute Gasteiger partial charge is 0.481 e. The maximum absolute atomic E-state index is 13.6. The van der Waals surface area contributed by atoms with Gasteiger partial charge in [0.1, 0.15) is 0 Å². The molecule has 1 aliphatic carbocycles. The van der Waals surface area contributed by atoms with Crippen LogP contribution in [0.4, 0.5) is 16.3 Å². The smallest absolute Gasteiger partial charge is 0.411 e. The fraction of sp³-hybridized carbons (Fsp3) is 0.682. The molecule has 3 fully saturated rings. The summed E-state index contributed by atoms with van der Waals surface area (Å²) >= 11 is 0. The van der Waals surface area contributed by atoms with Gasteiger partial charge >= 0.3 is 6.09 Å². The molecule has 9 nitrogen and oxygen atoms in total. The van der Waals surface area contributed by atoms with Crippen LogP contribution in [0, 0.1) is 5.41 Å². The lowest BCUT2D eigenvalue weighted by atomic mass is 9.78. The second-order valence-electron chi connectivity index (χ2n) is 9.05. The number of hydrogen-bond acceptors (Lipinski definition) is 6. The van der Waals surface area contributed by atoms with E-state index in [0.29, 0.717) is 30.5 Å². The molecule has 31 heavy (non-hydrogen) atoms. The average molecular weight is 433 g/mol. The number of anilines is 2. The summed E-state index contributed by atoms with van der Waals surface area (Å²) in [6.07, 6.45) is 4.41. The van der Waals surface area contributed by atoms with Crippen LogP contribution in [0.3, 0.4) is 0 Å². The van der Waals surface area contributed by atoms with Crippen LogP contribution < -0.4 is 14.5 Å². The number of hydrogen-bond donors (Lipinski definition) is 2. The number of likely N-dealkylation sites (tertiary alicyclic amines) is 1. The van der Waals surface area contributed by atoms with Gasteiger partial charge in [-0.3, -0.25) is 9.69 Å². The number of pyridine rings is 1. The van der Waals surface area contributed by atoms with Gasteiger partial charge < -0.3 is 24.7 Å². The molecule has 9 heteroatoms. The molecule has 3 aliphatic rings. The Morgan fingerprint density at radius 2 is 1.97 bits per heavy atom. The van der Waals surface area contributed by atoms with Crippen molar-refractivity contribution in [2.45, 2.75) is 57.1 Å². The fourth-order valence-electron chi connectivity index (χ4n) is 5.39. The van der Waals surface area contributed by atoms with Gasteiger partial charge in [-0.15, -0.1) is 0 Å².